The largest absolute Gasteiger partial charge is 0.335 e. The molecule has 2 rings (SSSR count). The Balaban J connectivity index is 2.12. The summed E-state index contributed by atoms with van der Waals surface area (Å²) < 4.78 is 0. The maximum atomic E-state index is 5.57. The van der Waals surface area contributed by atoms with Gasteiger partial charge in [-0.3, -0.25) is 4.99 Å². The van der Waals surface area contributed by atoms with E-state index in [0.29, 0.717) is 6.54 Å². The van der Waals surface area contributed by atoms with Crippen molar-refractivity contribution in [2.24, 2.45) is 10.7 Å². The maximum Gasteiger partial charge on any atom is 0.161 e. The molecule has 15 heavy (non-hydrogen) atoms. The topological polar surface area (TPSA) is 50.4 Å². The fourth-order valence-electron chi connectivity index (χ4n) is 1.54. The fourth-order valence-corrected chi connectivity index (χ4v) is 2.28. The van der Waals surface area contributed by atoms with Crippen LogP contribution < -0.4 is 11.1 Å². The maximum absolute atomic E-state index is 5.57. The number of benzene rings is 1. The molecule has 4 heteroatoms. The van der Waals surface area contributed by atoms with Crippen molar-refractivity contribution in [2.45, 2.75) is 6.42 Å². The summed E-state index contributed by atoms with van der Waals surface area (Å²) in [5, 5.41) is 4.38. The minimum Gasteiger partial charge on any atom is -0.335 e. The number of anilines is 1. The number of thioether (sulfide) groups is 1. The van der Waals surface area contributed by atoms with Gasteiger partial charge in [0.1, 0.15) is 0 Å². The highest BCUT2D eigenvalue weighted by atomic mass is 32.2. The van der Waals surface area contributed by atoms with Crippen LogP contribution in [0.1, 0.15) is 5.56 Å². The van der Waals surface area contributed by atoms with Gasteiger partial charge in [-0.15, -0.1) is 0 Å². The monoisotopic (exact) mass is 221 g/mol. The Labute approximate surface area is 94.2 Å². The lowest BCUT2D eigenvalue weighted by molar-refractivity contribution is 0.971. The highest BCUT2D eigenvalue weighted by Gasteiger charge is 2.08. The lowest BCUT2D eigenvalue weighted by Gasteiger charge is -2.10. The Morgan fingerprint density at radius 1 is 1.40 bits per heavy atom. The lowest BCUT2D eigenvalue weighted by Crippen LogP contribution is -2.10. The van der Waals surface area contributed by atoms with Crippen molar-refractivity contribution in [1.82, 2.24) is 0 Å². The summed E-state index contributed by atoms with van der Waals surface area (Å²) in [7, 11) is 0. The molecule has 0 saturated heterocycles. The van der Waals surface area contributed by atoms with Gasteiger partial charge in [0.2, 0.25) is 0 Å². The average molecular weight is 221 g/mol. The molecule has 1 aromatic rings. The van der Waals surface area contributed by atoms with Gasteiger partial charge in [0, 0.05) is 11.4 Å². The molecule has 0 fully saturated rings. The van der Waals surface area contributed by atoms with E-state index in [1.807, 2.05) is 12.1 Å². The number of hydrogen-bond donors (Lipinski definition) is 2. The summed E-state index contributed by atoms with van der Waals surface area (Å²) in [6, 6.07) is 8.25. The van der Waals surface area contributed by atoms with Gasteiger partial charge in [0.05, 0.1) is 6.54 Å². The summed E-state index contributed by atoms with van der Waals surface area (Å²) in [5.74, 6) is 1.08. The number of hydrogen-bond acceptors (Lipinski definition) is 4. The smallest absolute Gasteiger partial charge is 0.161 e. The van der Waals surface area contributed by atoms with Crippen LogP contribution >= 0.6 is 11.8 Å². The van der Waals surface area contributed by atoms with Crippen LogP contribution in [0.15, 0.2) is 29.3 Å². The van der Waals surface area contributed by atoms with E-state index in [-0.39, 0.29) is 0 Å². The molecule has 1 aliphatic rings. The molecule has 0 unspecified atom stereocenters. The molecule has 1 aromatic carbocycles. The second-order valence-electron chi connectivity index (χ2n) is 3.36. The Kier molecular flexibility index (Phi) is 3.64. The molecule has 0 aliphatic carbocycles. The standard InChI is InChI=1S/C11H15N3S/c12-6-5-9-3-1-2-4-10(9)14-11-13-7-8-15-11/h1-4H,5-8,12H2,(H,13,14). The van der Waals surface area contributed by atoms with Gasteiger partial charge in [-0.25, -0.2) is 0 Å². The number of nitrogens with one attached hydrogen (secondary N) is 1. The minimum absolute atomic E-state index is 0.679. The van der Waals surface area contributed by atoms with Gasteiger partial charge in [-0.05, 0) is 24.6 Å². The highest BCUT2D eigenvalue weighted by molar-refractivity contribution is 8.14. The second kappa shape index (κ2) is 5.19. The third kappa shape index (κ3) is 2.73. The number of para-hydroxylation sites is 1. The lowest BCUT2D eigenvalue weighted by atomic mass is 10.1. The van der Waals surface area contributed by atoms with E-state index in [1.165, 1.54) is 5.56 Å². The van der Waals surface area contributed by atoms with Crippen molar-refractivity contribution >= 4 is 22.6 Å². The van der Waals surface area contributed by atoms with Crippen molar-refractivity contribution < 1.29 is 0 Å². The van der Waals surface area contributed by atoms with E-state index in [9.17, 15) is 0 Å². The molecule has 0 atom stereocenters. The van der Waals surface area contributed by atoms with Gasteiger partial charge in [-0.1, -0.05) is 30.0 Å². The number of aliphatic imine (C=N–C) groups is 1. The molecule has 0 amide bonds. The number of nitrogens with two attached hydrogens (primary N) is 1. The number of amidine groups is 1. The first-order chi connectivity index (χ1) is 7.40. The van der Waals surface area contributed by atoms with E-state index < -0.39 is 0 Å². The molecule has 0 bridgehead atoms. The summed E-state index contributed by atoms with van der Waals surface area (Å²) in [5.41, 5.74) is 7.97. The Morgan fingerprint density at radius 2 is 2.27 bits per heavy atom. The molecule has 3 N–H and O–H groups in total. The number of nitrogens with zero attached hydrogens (tertiary/aromatic N) is 1. The second-order valence-corrected chi connectivity index (χ2v) is 4.44. The van der Waals surface area contributed by atoms with Crippen molar-refractivity contribution in [3.63, 3.8) is 0 Å². The van der Waals surface area contributed by atoms with Gasteiger partial charge >= 0.3 is 0 Å². The van der Waals surface area contributed by atoms with E-state index in [2.05, 4.69) is 22.4 Å². The normalized spacial score (nSPS) is 15.1. The van der Waals surface area contributed by atoms with Crippen molar-refractivity contribution in [2.75, 3.05) is 24.2 Å². The first-order valence-electron chi connectivity index (χ1n) is 5.12. The van der Waals surface area contributed by atoms with Crippen LogP contribution in [-0.4, -0.2) is 24.0 Å². The Morgan fingerprint density at radius 3 is 3.00 bits per heavy atom. The van der Waals surface area contributed by atoms with E-state index >= 15 is 0 Å². The van der Waals surface area contributed by atoms with E-state index in [4.69, 9.17) is 5.73 Å². The predicted octanol–water partition coefficient (Wildman–Crippen LogP) is 1.70. The third-order valence-corrected chi connectivity index (χ3v) is 3.15. The molecular weight excluding hydrogens is 206 g/mol. The molecule has 0 aromatic heterocycles. The van der Waals surface area contributed by atoms with E-state index in [0.717, 1.165) is 29.6 Å². The zero-order valence-corrected chi connectivity index (χ0v) is 9.39. The van der Waals surface area contributed by atoms with Crippen LogP contribution in [0.2, 0.25) is 0 Å². The molecule has 0 radical (unpaired) electrons. The van der Waals surface area contributed by atoms with Crippen LogP contribution in [0.4, 0.5) is 5.69 Å². The van der Waals surface area contributed by atoms with Gasteiger partial charge in [0.15, 0.2) is 5.17 Å². The summed E-state index contributed by atoms with van der Waals surface area (Å²) >= 11 is 1.77. The SMILES string of the molecule is NCCc1ccccc1NC1=NCCS1. The van der Waals surface area contributed by atoms with Gasteiger partial charge < -0.3 is 11.1 Å². The quantitative estimate of drug-likeness (QED) is 0.817. The van der Waals surface area contributed by atoms with Crippen molar-refractivity contribution in [3.8, 4) is 0 Å². The first kappa shape index (κ1) is 10.5. The van der Waals surface area contributed by atoms with Gasteiger partial charge in [-0.2, -0.15) is 0 Å². The first-order valence-corrected chi connectivity index (χ1v) is 6.11. The zero-order chi connectivity index (χ0) is 10.5. The van der Waals surface area contributed by atoms with Crippen molar-refractivity contribution in [3.05, 3.63) is 29.8 Å². The predicted molar refractivity (Wildman–Crippen MR) is 67.6 cm³/mol. The fraction of sp³-hybridized carbons (Fsp3) is 0.364. The Bertz CT molecular complexity index is 363. The van der Waals surface area contributed by atoms with Crippen LogP contribution in [-0.2, 0) is 6.42 Å². The molecule has 1 heterocycles. The van der Waals surface area contributed by atoms with E-state index in [1.54, 1.807) is 11.8 Å². The third-order valence-electron chi connectivity index (χ3n) is 2.26. The molecule has 3 nitrogen and oxygen atoms in total. The number of rotatable bonds is 3. The minimum atomic E-state index is 0.679. The molecule has 1 aliphatic heterocycles. The van der Waals surface area contributed by atoms with Crippen molar-refractivity contribution in [1.29, 1.82) is 0 Å². The summed E-state index contributed by atoms with van der Waals surface area (Å²) in [6.07, 6.45) is 0.904. The summed E-state index contributed by atoms with van der Waals surface area (Å²) in [6.45, 7) is 1.60. The summed E-state index contributed by atoms with van der Waals surface area (Å²) in [4.78, 5) is 4.37. The molecule has 0 spiro atoms. The van der Waals surface area contributed by atoms with Crippen LogP contribution in [0.25, 0.3) is 0 Å². The highest BCUT2D eigenvalue weighted by Crippen LogP contribution is 2.19. The molecule has 80 valence electrons. The molecular formula is C11H15N3S. The Hall–Kier alpha value is -1.000. The average Bonchev–Trinajstić information content (AvgIpc) is 2.74. The van der Waals surface area contributed by atoms with Crippen LogP contribution in [0.5, 0.6) is 0 Å². The van der Waals surface area contributed by atoms with Gasteiger partial charge in [0.25, 0.3) is 0 Å². The van der Waals surface area contributed by atoms with Crippen LogP contribution in [0, 0.1) is 0 Å². The molecule has 0 saturated carbocycles. The zero-order valence-electron chi connectivity index (χ0n) is 8.57. The van der Waals surface area contributed by atoms with Crippen LogP contribution in [0.3, 0.4) is 0 Å².